The highest BCUT2D eigenvalue weighted by Crippen LogP contribution is 2.63. The van der Waals surface area contributed by atoms with E-state index in [1.807, 2.05) is 6.92 Å². The van der Waals surface area contributed by atoms with Crippen molar-refractivity contribution in [2.75, 3.05) is 0 Å². The van der Waals surface area contributed by atoms with Gasteiger partial charge < -0.3 is 5.11 Å². The molecule has 82 valence electrons. The summed E-state index contributed by atoms with van der Waals surface area (Å²) in [6.45, 7) is 2.38. The van der Waals surface area contributed by atoms with E-state index in [0.29, 0.717) is 17.8 Å². The van der Waals surface area contributed by atoms with Crippen LogP contribution >= 0.6 is 0 Å². The molecular formula is C10H12F2N2O. The first-order chi connectivity index (χ1) is 7.15. The van der Waals surface area contributed by atoms with Gasteiger partial charge in [-0.15, -0.1) is 0 Å². The zero-order chi connectivity index (χ0) is 10.7. The van der Waals surface area contributed by atoms with Gasteiger partial charge in [0.15, 0.2) is 0 Å². The second-order valence-corrected chi connectivity index (χ2v) is 4.25. The Balaban J connectivity index is 2.17. The lowest BCUT2D eigenvalue weighted by atomic mass is 10.1. The van der Waals surface area contributed by atoms with E-state index in [0.717, 1.165) is 6.42 Å². The van der Waals surface area contributed by atoms with Crippen molar-refractivity contribution in [2.45, 2.75) is 38.3 Å². The quantitative estimate of drug-likeness (QED) is 0.817. The zero-order valence-electron chi connectivity index (χ0n) is 8.32. The predicted octanol–water partition coefficient (Wildman–Crippen LogP) is 1.99. The van der Waals surface area contributed by atoms with Gasteiger partial charge in [0.2, 0.25) is 0 Å². The van der Waals surface area contributed by atoms with E-state index in [1.54, 1.807) is 0 Å². The first-order valence-corrected chi connectivity index (χ1v) is 5.21. The third-order valence-electron chi connectivity index (χ3n) is 3.46. The van der Waals surface area contributed by atoms with E-state index in [4.69, 9.17) is 0 Å². The summed E-state index contributed by atoms with van der Waals surface area (Å²) < 4.78 is 27.0. The molecule has 5 heteroatoms. The summed E-state index contributed by atoms with van der Waals surface area (Å²) in [4.78, 5) is 0. The number of nitrogens with zero attached hydrogens (tertiary/aromatic N) is 2. The monoisotopic (exact) mass is 214 g/mol. The predicted molar refractivity (Wildman–Crippen MR) is 48.7 cm³/mol. The van der Waals surface area contributed by atoms with Crippen LogP contribution in [0.2, 0.25) is 0 Å². The molecule has 0 aromatic carbocycles. The molecule has 0 bridgehead atoms. The molecule has 0 saturated heterocycles. The number of alkyl halides is 2. The summed E-state index contributed by atoms with van der Waals surface area (Å²) >= 11 is 0. The molecule has 1 heterocycles. The maximum Gasteiger partial charge on any atom is 0.282 e. The smallest absolute Gasteiger partial charge is 0.282 e. The second-order valence-electron chi connectivity index (χ2n) is 4.25. The molecular weight excluding hydrogens is 202 g/mol. The minimum absolute atomic E-state index is 0.115. The number of fused-ring (bicyclic) bond motifs is 3. The van der Waals surface area contributed by atoms with Crippen LogP contribution in [-0.2, 0) is 6.54 Å². The molecule has 3 nitrogen and oxygen atoms in total. The van der Waals surface area contributed by atoms with Crippen LogP contribution in [0.1, 0.15) is 48.7 Å². The third-order valence-corrected chi connectivity index (χ3v) is 3.46. The Labute approximate surface area is 85.7 Å². The number of aliphatic hydroxyl groups excluding tert-OH is 1. The van der Waals surface area contributed by atoms with E-state index in [1.165, 1.54) is 4.68 Å². The minimum atomic E-state index is -2.53. The lowest BCUT2D eigenvalue weighted by Crippen LogP contribution is -2.07. The number of halogens is 2. The number of aryl methyl sites for hydroxylation is 1. The van der Waals surface area contributed by atoms with Gasteiger partial charge in [0, 0.05) is 12.1 Å². The maximum absolute atomic E-state index is 12.7. The molecule has 1 N–H and O–H groups in total. The molecule has 0 aliphatic heterocycles. The average molecular weight is 214 g/mol. The lowest BCUT2D eigenvalue weighted by Gasteiger charge is -2.08. The Kier molecular flexibility index (Phi) is 1.72. The summed E-state index contributed by atoms with van der Waals surface area (Å²) in [6.07, 6.45) is -2.27. The molecule has 2 aliphatic rings. The fourth-order valence-electron chi connectivity index (χ4n) is 2.70. The van der Waals surface area contributed by atoms with Gasteiger partial charge in [0.05, 0.1) is 11.8 Å². The summed E-state index contributed by atoms with van der Waals surface area (Å²) in [5.74, 6) is 0.313. The first kappa shape index (κ1) is 9.27. The van der Waals surface area contributed by atoms with Gasteiger partial charge in [0.1, 0.15) is 5.69 Å². The summed E-state index contributed by atoms with van der Waals surface area (Å²) in [6, 6.07) is 0. The fourth-order valence-corrected chi connectivity index (χ4v) is 2.70. The molecule has 1 saturated carbocycles. The molecule has 0 amide bonds. The summed E-state index contributed by atoms with van der Waals surface area (Å²) in [7, 11) is 0. The molecule has 2 aliphatic carbocycles. The van der Waals surface area contributed by atoms with Crippen LogP contribution in [-0.4, -0.2) is 14.9 Å². The van der Waals surface area contributed by atoms with Gasteiger partial charge in [-0.25, -0.2) is 8.78 Å². The van der Waals surface area contributed by atoms with Crippen LogP contribution in [0, 0.1) is 5.92 Å². The Bertz CT molecular complexity index is 416. The van der Waals surface area contributed by atoms with E-state index in [2.05, 4.69) is 5.10 Å². The van der Waals surface area contributed by atoms with Crippen molar-refractivity contribution >= 4 is 0 Å². The van der Waals surface area contributed by atoms with Crippen LogP contribution < -0.4 is 0 Å². The number of aliphatic hydroxyl groups is 1. The van der Waals surface area contributed by atoms with Crippen molar-refractivity contribution in [2.24, 2.45) is 5.92 Å². The molecule has 0 spiro atoms. The zero-order valence-corrected chi connectivity index (χ0v) is 8.32. The number of hydrogen-bond acceptors (Lipinski definition) is 2. The van der Waals surface area contributed by atoms with Gasteiger partial charge in [0.25, 0.3) is 6.43 Å². The van der Waals surface area contributed by atoms with Gasteiger partial charge >= 0.3 is 0 Å². The van der Waals surface area contributed by atoms with Gasteiger partial charge in [-0.05, 0) is 25.2 Å². The van der Waals surface area contributed by atoms with Gasteiger partial charge in [-0.1, -0.05) is 0 Å². The van der Waals surface area contributed by atoms with Crippen LogP contribution in [0.25, 0.3) is 0 Å². The molecule has 3 unspecified atom stereocenters. The Morgan fingerprint density at radius 1 is 1.60 bits per heavy atom. The van der Waals surface area contributed by atoms with E-state index < -0.39 is 12.5 Å². The molecule has 0 radical (unpaired) electrons. The molecule has 3 rings (SSSR count). The van der Waals surface area contributed by atoms with Crippen LogP contribution in [0.3, 0.4) is 0 Å². The largest absolute Gasteiger partial charge is 0.386 e. The number of hydrogen-bond donors (Lipinski definition) is 1. The topological polar surface area (TPSA) is 38.0 Å². The van der Waals surface area contributed by atoms with Gasteiger partial charge in [-0.3, -0.25) is 4.68 Å². The Hall–Kier alpha value is -0.970. The highest BCUT2D eigenvalue weighted by Gasteiger charge is 2.55. The normalized spacial score (nSPS) is 31.9. The molecule has 1 aromatic heterocycles. The molecule has 3 atom stereocenters. The number of rotatable bonds is 2. The molecule has 1 aromatic rings. The van der Waals surface area contributed by atoms with Crippen molar-refractivity contribution in [3.8, 4) is 0 Å². The van der Waals surface area contributed by atoms with Crippen LogP contribution in [0.4, 0.5) is 8.78 Å². The van der Waals surface area contributed by atoms with E-state index in [9.17, 15) is 13.9 Å². The second kappa shape index (κ2) is 2.78. The van der Waals surface area contributed by atoms with Gasteiger partial charge in [-0.2, -0.15) is 5.10 Å². The molecule has 1 fully saturated rings. The highest BCUT2D eigenvalue weighted by molar-refractivity contribution is 5.44. The highest BCUT2D eigenvalue weighted by atomic mass is 19.3. The SMILES string of the molecule is CCn1nc(C(F)F)c2c1C(O)C1CC21. The Morgan fingerprint density at radius 2 is 2.33 bits per heavy atom. The van der Waals surface area contributed by atoms with Crippen molar-refractivity contribution in [3.63, 3.8) is 0 Å². The summed E-state index contributed by atoms with van der Waals surface area (Å²) in [5.41, 5.74) is 1.15. The van der Waals surface area contributed by atoms with Crippen LogP contribution in [0.15, 0.2) is 0 Å². The van der Waals surface area contributed by atoms with Crippen molar-refractivity contribution < 1.29 is 13.9 Å². The average Bonchev–Trinajstić information content (AvgIpc) is 2.81. The standard InChI is InChI=1S/C10H12F2N2O/c1-2-14-8-6(7(13-14)10(11)12)4-3-5(4)9(8)15/h4-5,9-10,15H,2-3H2,1H3. The van der Waals surface area contributed by atoms with Crippen molar-refractivity contribution in [1.29, 1.82) is 0 Å². The Morgan fingerprint density at radius 3 is 2.93 bits per heavy atom. The third kappa shape index (κ3) is 1.04. The molecule has 15 heavy (non-hydrogen) atoms. The fraction of sp³-hybridized carbons (Fsp3) is 0.700. The maximum atomic E-state index is 12.7. The van der Waals surface area contributed by atoms with E-state index in [-0.39, 0.29) is 17.5 Å². The van der Waals surface area contributed by atoms with Crippen molar-refractivity contribution in [1.82, 2.24) is 9.78 Å². The van der Waals surface area contributed by atoms with Crippen molar-refractivity contribution in [3.05, 3.63) is 17.0 Å². The summed E-state index contributed by atoms with van der Waals surface area (Å²) in [5, 5.41) is 13.8. The van der Waals surface area contributed by atoms with Crippen LogP contribution in [0.5, 0.6) is 0 Å². The minimum Gasteiger partial charge on any atom is -0.386 e. The lowest BCUT2D eigenvalue weighted by molar-refractivity contribution is 0.141. The first-order valence-electron chi connectivity index (χ1n) is 5.21. The van der Waals surface area contributed by atoms with E-state index >= 15 is 0 Å². The number of aromatic nitrogens is 2.